The zero-order valence-electron chi connectivity index (χ0n) is 10.7. The van der Waals surface area contributed by atoms with Gasteiger partial charge in [0.05, 0.1) is 23.8 Å². The van der Waals surface area contributed by atoms with Crippen molar-refractivity contribution in [3.05, 3.63) is 35.9 Å². The van der Waals surface area contributed by atoms with E-state index in [1.807, 2.05) is 30.2 Å². The normalized spacial score (nSPS) is 10.4. The minimum absolute atomic E-state index is 0.427. The number of pyridine rings is 1. The summed E-state index contributed by atoms with van der Waals surface area (Å²) < 4.78 is 1.69. The van der Waals surface area contributed by atoms with Crippen molar-refractivity contribution in [3.8, 4) is 5.69 Å². The van der Waals surface area contributed by atoms with Crippen LogP contribution in [-0.4, -0.2) is 34.1 Å². The predicted molar refractivity (Wildman–Crippen MR) is 74.9 cm³/mol. The van der Waals surface area contributed by atoms with Crippen molar-refractivity contribution in [2.45, 2.75) is 13.3 Å². The smallest absolute Gasteiger partial charge is 0.174 e. The Morgan fingerprint density at radius 1 is 1.53 bits per heavy atom. The van der Waals surface area contributed by atoms with Crippen molar-refractivity contribution in [1.29, 1.82) is 0 Å². The molecule has 0 aliphatic rings. The number of aldehydes is 1. The largest absolute Gasteiger partial charge is 0.368 e. The number of nitrogens with zero attached hydrogens (tertiary/aromatic N) is 4. The number of carbonyl (C=O) groups excluding carboxylic acids is 1. The monoisotopic (exact) mass is 278 g/mol. The van der Waals surface area contributed by atoms with Crippen LogP contribution in [0.25, 0.3) is 5.69 Å². The second-order valence-electron chi connectivity index (χ2n) is 4.00. The molecule has 0 radical (unpaired) electrons. The number of hydrogen-bond acceptors (Lipinski definition) is 4. The molecule has 2 aromatic heterocycles. The molecule has 19 heavy (non-hydrogen) atoms. The third kappa shape index (κ3) is 3.12. The van der Waals surface area contributed by atoms with Gasteiger partial charge < -0.3 is 9.69 Å². The summed E-state index contributed by atoms with van der Waals surface area (Å²) in [5.41, 5.74) is 1.68. The van der Waals surface area contributed by atoms with Crippen LogP contribution in [0.2, 0.25) is 5.15 Å². The van der Waals surface area contributed by atoms with Crippen molar-refractivity contribution < 1.29 is 4.79 Å². The fourth-order valence-electron chi connectivity index (χ4n) is 1.83. The average Bonchev–Trinajstić information content (AvgIpc) is 2.83. The molecule has 2 rings (SSSR count). The van der Waals surface area contributed by atoms with Crippen molar-refractivity contribution in [3.63, 3.8) is 0 Å². The molecule has 0 bridgehead atoms. The number of halogens is 1. The molecule has 0 aromatic carbocycles. The Balaban J connectivity index is 2.27. The van der Waals surface area contributed by atoms with Crippen molar-refractivity contribution >= 4 is 23.6 Å². The van der Waals surface area contributed by atoms with Crippen LogP contribution >= 0.6 is 11.6 Å². The van der Waals surface area contributed by atoms with Gasteiger partial charge in [-0.15, -0.1) is 0 Å². The quantitative estimate of drug-likeness (QED) is 0.761. The van der Waals surface area contributed by atoms with E-state index in [0.717, 1.165) is 24.2 Å². The summed E-state index contributed by atoms with van der Waals surface area (Å²) in [6, 6.07) is 3.75. The highest BCUT2D eigenvalue weighted by molar-refractivity contribution is 6.32. The molecular weight excluding hydrogens is 264 g/mol. The highest BCUT2D eigenvalue weighted by Gasteiger charge is 2.13. The van der Waals surface area contributed by atoms with Crippen LogP contribution in [0.15, 0.2) is 30.7 Å². The molecule has 100 valence electrons. The number of aromatic nitrogens is 3. The molecule has 0 spiro atoms. The van der Waals surface area contributed by atoms with Gasteiger partial charge >= 0.3 is 0 Å². The van der Waals surface area contributed by atoms with E-state index in [0.29, 0.717) is 18.1 Å². The van der Waals surface area contributed by atoms with E-state index < -0.39 is 0 Å². The maximum atomic E-state index is 10.5. The topological polar surface area (TPSA) is 51.0 Å². The van der Waals surface area contributed by atoms with Gasteiger partial charge in [0.15, 0.2) is 5.15 Å². The highest BCUT2D eigenvalue weighted by Crippen LogP contribution is 2.25. The van der Waals surface area contributed by atoms with Crippen LogP contribution < -0.4 is 4.90 Å². The molecule has 0 fully saturated rings. The Bertz CT molecular complexity index is 541. The maximum Gasteiger partial charge on any atom is 0.174 e. The Morgan fingerprint density at radius 2 is 2.37 bits per heavy atom. The summed E-state index contributed by atoms with van der Waals surface area (Å²) in [7, 11) is 0. The van der Waals surface area contributed by atoms with E-state index in [9.17, 15) is 4.79 Å². The first-order chi connectivity index (χ1) is 9.26. The molecule has 0 atom stereocenters. The molecule has 0 saturated carbocycles. The third-order valence-corrected chi connectivity index (χ3v) is 3.07. The Labute approximate surface area is 116 Å². The lowest BCUT2D eigenvalue weighted by molar-refractivity contribution is -0.107. The van der Waals surface area contributed by atoms with Gasteiger partial charge in [0.25, 0.3) is 0 Å². The zero-order valence-corrected chi connectivity index (χ0v) is 11.4. The third-order valence-electron chi connectivity index (χ3n) is 2.80. The van der Waals surface area contributed by atoms with Crippen molar-refractivity contribution in [2.75, 3.05) is 18.0 Å². The number of rotatable bonds is 6. The lowest BCUT2D eigenvalue weighted by atomic mass is 10.3. The van der Waals surface area contributed by atoms with E-state index in [1.54, 1.807) is 17.1 Å². The van der Waals surface area contributed by atoms with Gasteiger partial charge in [-0.1, -0.05) is 11.6 Å². The van der Waals surface area contributed by atoms with Crippen LogP contribution in [0.1, 0.15) is 13.3 Å². The molecule has 2 aromatic rings. The lowest BCUT2D eigenvalue weighted by Crippen LogP contribution is -2.24. The summed E-state index contributed by atoms with van der Waals surface area (Å²) in [5.74, 6) is 0. The summed E-state index contributed by atoms with van der Waals surface area (Å²) in [6.07, 6.45) is 6.66. The molecule has 2 heterocycles. The molecular formula is C13H15ClN4O. The first kappa shape index (κ1) is 13.5. The van der Waals surface area contributed by atoms with Gasteiger partial charge in [-0.25, -0.2) is 4.68 Å². The van der Waals surface area contributed by atoms with Crippen molar-refractivity contribution in [1.82, 2.24) is 14.8 Å². The Morgan fingerprint density at radius 3 is 3.00 bits per heavy atom. The van der Waals surface area contributed by atoms with E-state index in [1.165, 1.54) is 0 Å². The minimum atomic E-state index is 0.427. The van der Waals surface area contributed by atoms with E-state index in [4.69, 9.17) is 11.6 Å². The van der Waals surface area contributed by atoms with Gasteiger partial charge in [0.2, 0.25) is 0 Å². The fraction of sp³-hybridized carbons (Fsp3) is 0.308. The number of carbonyl (C=O) groups is 1. The van der Waals surface area contributed by atoms with Crippen LogP contribution in [0.5, 0.6) is 0 Å². The molecule has 0 aliphatic heterocycles. The van der Waals surface area contributed by atoms with Crippen LogP contribution in [0.4, 0.5) is 5.69 Å². The fourth-order valence-corrected chi connectivity index (χ4v) is 2.08. The molecule has 0 saturated heterocycles. The molecule has 0 aliphatic carbocycles. The van der Waals surface area contributed by atoms with Crippen LogP contribution in [0.3, 0.4) is 0 Å². The average molecular weight is 279 g/mol. The summed E-state index contributed by atoms with van der Waals surface area (Å²) >= 11 is 6.16. The predicted octanol–water partition coefficient (Wildman–Crippen LogP) is 2.34. The summed E-state index contributed by atoms with van der Waals surface area (Å²) in [5, 5.41) is 4.70. The lowest BCUT2D eigenvalue weighted by Gasteiger charge is -2.19. The van der Waals surface area contributed by atoms with E-state index in [2.05, 4.69) is 10.1 Å². The molecule has 0 N–H and O–H groups in total. The molecule has 5 nitrogen and oxygen atoms in total. The van der Waals surface area contributed by atoms with Crippen molar-refractivity contribution in [2.24, 2.45) is 0 Å². The zero-order chi connectivity index (χ0) is 13.7. The SMILES string of the molecule is CCN(CCC=O)c1cn(-c2cccnc2)nc1Cl. The van der Waals surface area contributed by atoms with Crippen LogP contribution in [0, 0.1) is 0 Å². The summed E-state index contributed by atoms with van der Waals surface area (Å²) in [4.78, 5) is 16.6. The van der Waals surface area contributed by atoms with Gasteiger partial charge in [0, 0.05) is 25.7 Å². The molecule has 0 amide bonds. The molecule has 6 heteroatoms. The van der Waals surface area contributed by atoms with Gasteiger partial charge in [-0.3, -0.25) is 4.98 Å². The number of anilines is 1. The van der Waals surface area contributed by atoms with Gasteiger partial charge in [-0.05, 0) is 19.1 Å². The minimum Gasteiger partial charge on any atom is -0.368 e. The Hall–Kier alpha value is -1.88. The maximum absolute atomic E-state index is 10.5. The van der Waals surface area contributed by atoms with Gasteiger partial charge in [-0.2, -0.15) is 5.10 Å². The first-order valence-corrected chi connectivity index (χ1v) is 6.48. The number of hydrogen-bond donors (Lipinski definition) is 0. The van der Waals surface area contributed by atoms with Crippen LogP contribution in [-0.2, 0) is 4.79 Å². The van der Waals surface area contributed by atoms with Gasteiger partial charge in [0.1, 0.15) is 6.29 Å². The Kier molecular flexibility index (Phi) is 4.52. The standard InChI is InChI=1S/C13H15ClN4O/c1-2-17(7-4-8-19)12-10-18(16-13(12)14)11-5-3-6-15-9-11/h3,5-6,8-10H,2,4,7H2,1H3. The second-order valence-corrected chi connectivity index (χ2v) is 4.35. The first-order valence-electron chi connectivity index (χ1n) is 6.10. The second kappa shape index (κ2) is 6.33. The van der Waals surface area contributed by atoms with E-state index in [-0.39, 0.29) is 0 Å². The summed E-state index contributed by atoms with van der Waals surface area (Å²) in [6.45, 7) is 3.42. The van der Waals surface area contributed by atoms with E-state index >= 15 is 0 Å². The highest BCUT2D eigenvalue weighted by atomic mass is 35.5. The molecule has 0 unspecified atom stereocenters.